The van der Waals surface area contributed by atoms with Gasteiger partial charge < -0.3 is 25.0 Å². The molecule has 0 radical (unpaired) electrons. The van der Waals surface area contributed by atoms with Crippen molar-refractivity contribution in [2.45, 2.75) is 12.8 Å². The topological polar surface area (TPSA) is 79.9 Å². The quantitative estimate of drug-likeness (QED) is 0.856. The van der Waals surface area contributed by atoms with E-state index >= 15 is 0 Å². The maximum atomic E-state index is 12.8. The Bertz CT molecular complexity index is 577. The normalized spacial score (nSPS) is 16.3. The number of carbonyl (C=O) groups is 2. The summed E-state index contributed by atoms with van der Waals surface area (Å²) >= 11 is 0. The van der Waals surface area contributed by atoms with Crippen LogP contribution in [0.4, 0.5) is 10.5 Å². The highest BCUT2D eigenvalue weighted by Crippen LogP contribution is 2.31. The van der Waals surface area contributed by atoms with Gasteiger partial charge in [-0.1, -0.05) is 6.07 Å². The second kappa shape index (κ2) is 8.12. The average molecular weight is 335 g/mol. The molecule has 2 N–H and O–H groups in total. The standard InChI is InChI=1S/C17H25N3O4/c1-20(2)16(22)24-14-6-4-5-13(11-14)19-15(21)17(12-23-3)7-9-18-10-8-17/h4-6,11,18H,7-10,12H2,1-3H3,(H,19,21). The van der Waals surface area contributed by atoms with Gasteiger partial charge in [-0.25, -0.2) is 4.79 Å². The molecule has 0 spiro atoms. The van der Waals surface area contributed by atoms with Gasteiger partial charge in [-0.2, -0.15) is 0 Å². The molecule has 0 bridgehead atoms. The van der Waals surface area contributed by atoms with Crippen LogP contribution in [0.2, 0.25) is 0 Å². The molecule has 1 aliphatic heterocycles. The van der Waals surface area contributed by atoms with Gasteiger partial charge in [0.15, 0.2) is 0 Å². The maximum Gasteiger partial charge on any atom is 0.414 e. The molecule has 7 nitrogen and oxygen atoms in total. The minimum absolute atomic E-state index is 0.0677. The number of benzene rings is 1. The van der Waals surface area contributed by atoms with Gasteiger partial charge in [-0.15, -0.1) is 0 Å². The summed E-state index contributed by atoms with van der Waals surface area (Å²) < 4.78 is 10.5. The van der Waals surface area contributed by atoms with E-state index in [1.165, 1.54) is 4.90 Å². The maximum absolute atomic E-state index is 12.8. The Labute approximate surface area is 142 Å². The number of rotatable bonds is 5. The third-order valence-corrected chi connectivity index (χ3v) is 4.13. The third kappa shape index (κ3) is 4.46. The van der Waals surface area contributed by atoms with Gasteiger partial charge in [0.05, 0.1) is 12.0 Å². The summed E-state index contributed by atoms with van der Waals surface area (Å²) in [6, 6.07) is 6.82. The van der Waals surface area contributed by atoms with Crippen LogP contribution in [-0.2, 0) is 9.53 Å². The number of hydrogen-bond donors (Lipinski definition) is 2. The second-order valence-corrected chi connectivity index (χ2v) is 6.21. The fourth-order valence-electron chi connectivity index (χ4n) is 2.71. The minimum atomic E-state index is -0.531. The fraction of sp³-hybridized carbons (Fsp3) is 0.529. The molecule has 24 heavy (non-hydrogen) atoms. The Hall–Kier alpha value is -2.12. The monoisotopic (exact) mass is 335 g/mol. The van der Waals surface area contributed by atoms with E-state index in [9.17, 15) is 9.59 Å². The van der Waals surface area contributed by atoms with Gasteiger partial charge in [0.25, 0.3) is 0 Å². The number of carbonyl (C=O) groups excluding carboxylic acids is 2. The van der Waals surface area contributed by atoms with Gasteiger partial charge in [-0.3, -0.25) is 4.79 Å². The number of nitrogens with one attached hydrogen (secondary N) is 2. The van der Waals surface area contributed by atoms with Gasteiger partial charge in [-0.05, 0) is 38.1 Å². The van der Waals surface area contributed by atoms with Crippen molar-refractivity contribution in [1.82, 2.24) is 10.2 Å². The van der Waals surface area contributed by atoms with E-state index in [-0.39, 0.29) is 5.91 Å². The Morgan fingerprint density at radius 1 is 1.29 bits per heavy atom. The van der Waals surface area contributed by atoms with E-state index in [0.29, 0.717) is 18.0 Å². The summed E-state index contributed by atoms with van der Waals surface area (Å²) in [6.07, 6.45) is 0.983. The van der Waals surface area contributed by atoms with Crippen LogP contribution < -0.4 is 15.4 Å². The molecule has 7 heteroatoms. The summed E-state index contributed by atoms with van der Waals surface area (Å²) in [5.41, 5.74) is 0.0640. The molecule has 0 saturated carbocycles. The molecule has 0 aliphatic carbocycles. The van der Waals surface area contributed by atoms with Crippen LogP contribution in [0.3, 0.4) is 0 Å². The predicted molar refractivity (Wildman–Crippen MR) is 91.2 cm³/mol. The first-order valence-corrected chi connectivity index (χ1v) is 7.97. The molecule has 0 atom stereocenters. The van der Waals surface area contributed by atoms with Crippen molar-refractivity contribution in [3.05, 3.63) is 24.3 Å². The Morgan fingerprint density at radius 3 is 2.62 bits per heavy atom. The minimum Gasteiger partial charge on any atom is -0.410 e. The number of piperidine rings is 1. The van der Waals surface area contributed by atoms with E-state index in [1.54, 1.807) is 45.5 Å². The number of ether oxygens (including phenoxy) is 2. The molecule has 1 heterocycles. The summed E-state index contributed by atoms with van der Waals surface area (Å²) in [5.74, 6) is 0.319. The van der Waals surface area contributed by atoms with Crippen molar-refractivity contribution < 1.29 is 19.1 Å². The fourth-order valence-corrected chi connectivity index (χ4v) is 2.71. The van der Waals surface area contributed by atoms with Crippen molar-refractivity contribution in [1.29, 1.82) is 0 Å². The number of methoxy groups -OCH3 is 1. The average Bonchev–Trinajstić information content (AvgIpc) is 2.56. The lowest BCUT2D eigenvalue weighted by Crippen LogP contribution is -2.47. The van der Waals surface area contributed by atoms with E-state index in [4.69, 9.17) is 9.47 Å². The van der Waals surface area contributed by atoms with E-state index in [2.05, 4.69) is 10.6 Å². The predicted octanol–water partition coefficient (Wildman–Crippen LogP) is 1.70. The summed E-state index contributed by atoms with van der Waals surface area (Å²) in [6.45, 7) is 1.96. The molecule has 132 valence electrons. The lowest BCUT2D eigenvalue weighted by molar-refractivity contribution is -0.130. The summed E-state index contributed by atoms with van der Waals surface area (Å²) in [5, 5.41) is 6.19. The van der Waals surface area contributed by atoms with Crippen LogP contribution in [0, 0.1) is 5.41 Å². The van der Waals surface area contributed by atoms with Crippen LogP contribution in [0.15, 0.2) is 24.3 Å². The van der Waals surface area contributed by atoms with Gasteiger partial charge >= 0.3 is 6.09 Å². The highest BCUT2D eigenvalue weighted by molar-refractivity contribution is 5.95. The zero-order valence-electron chi connectivity index (χ0n) is 14.4. The number of amides is 2. The summed E-state index contributed by atoms with van der Waals surface area (Å²) in [4.78, 5) is 25.7. The number of hydrogen-bond acceptors (Lipinski definition) is 5. The van der Waals surface area contributed by atoms with E-state index in [0.717, 1.165) is 25.9 Å². The van der Waals surface area contributed by atoms with Crippen molar-refractivity contribution in [3.63, 3.8) is 0 Å². The largest absolute Gasteiger partial charge is 0.414 e. The number of anilines is 1. The van der Waals surface area contributed by atoms with Crippen molar-refractivity contribution in [3.8, 4) is 5.75 Å². The molecule has 0 aromatic heterocycles. The van der Waals surface area contributed by atoms with Crippen molar-refractivity contribution >= 4 is 17.7 Å². The van der Waals surface area contributed by atoms with Crippen molar-refractivity contribution in [2.24, 2.45) is 5.41 Å². The Kier molecular flexibility index (Phi) is 6.16. The molecular weight excluding hydrogens is 310 g/mol. The van der Waals surface area contributed by atoms with Crippen molar-refractivity contribution in [2.75, 3.05) is 46.2 Å². The molecule has 1 aliphatic rings. The summed E-state index contributed by atoms with van der Waals surface area (Å²) in [7, 11) is 4.83. The smallest absolute Gasteiger partial charge is 0.410 e. The molecular formula is C17H25N3O4. The Balaban J connectivity index is 2.09. The number of nitrogens with zero attached hydrogens (tertiary/aromatic N) is 1. The van der Waals surface area contributed by atoms with Gasteiger partial charge in [0.1, 0.15) is 5.75 Å². The SMILES string of the molecule is COCC1(C(=O)Nc2cccc(OC(=O)N(C)C)c2)CCNCC1. The van der Waals surface area contributed by atoms with Crippen LogP contribution >= 0.6 is 0 Å². The highest BCUT2D eigenvalue weighted by atomic mass is 16.6. The molecule has 1 saturated heterocycles. The first kappa shape index (κ1) is 18.2. The molecule has 2 rings (SSSR count). The first-order chi connectivity index (χ1) is 11.5. The lowest BCUT2D eigenvalue weighted by Gasteiger charge is -2.35. The zero-order chi connectivity index (χ0) is 17.6. The van der Waals surface area contributed by atoms with Gasteiger partial charge in [0.2, 0.25) is 5.91 Å². The highest BCUT2D eigenvalue weighted by Gasteiger charge is 2.39. The van der Waals surface area contributed by atoms with Gasteiger partial charge in [0, 0.05) is 33.0 Å². The second-order valence-electron chi connectivity index (χ2n) is 6.21. The van der Waals surface area contributed by atoms with Crippen LogP contribution in [0.25, 0.3) is 0 Å². The zero-order valence-corrected chi connectivity index (χ0v) is 14.4. The third-order valence-electron chi connectivity index (χ3n) is 4.13. The molecule has 2 amide bonds. The molecule has 1 aromatic carbocycles. The molecule has 1 fully saturated rings. The van der Waals surface area contributed by atoms with Crippen LogP contribution in [0.1, 0.15) is 12.8 Å². The van der Waals surface area contributed by atoms with Crippen LogP contribution in [-0.4, -0.2) is 57.8 Å². The van der Waals surface area contributed by atoms with E-state index < -0.39 is 11.5 Å². The first-order valence-electron chi connectivity index (χ1n) is 7.97. The Morgan fingerprint density at radius 2 is 2.00 bits per heavy atom. The van der Waals surface area contributed by atoms with Crippen LogP contribution in [0.5, 0.6) is 5.75 Å². The molecule has 0 unspecified atom stereocenters. The lowest BCUT2D eigenvalue weighted by atomic mass is 9.78. The van der Waals surface area contributed by atoms with E-state index in [1.807, 2.05) is 0 Å². The molecule has 1 aromatic rings.